The molecule has 108 valence electrons. The molecule has 0 aliphatic rings. The predicted molar refractivity (Wildman–Crippen MR) is 84.1 cm³/mol. The molecular formula is C15H15N3O2S. The minimum absolute atomic E-state index is 0.166. The highest BCUT2D eigenvalue weighted by atomic mass is 32.1. The number of esters is 1. The molecule has 2 N–H and O–H groups in total. The highest BCUT2D eigenvalue weighted by molar-refractivity contribution is 7.17. The van der Waals surface area contributed by atoms with E-state index in [-0.39, 0.29) is 5.69 Å². The Morgan fingerprint density at radius 1 is 1.43 bits per heavy atom. The first-order valence-electron chi connectivity index (χ1n) is 6.61. The van der Waals surface area contributed by atoms with Gasteiger partial charge >= 0.3 is 5.97 Å². The Hall–Kier alpha value is -2.34. The molecule has 2 heterocycles. The highest BCUT2D eigenvalue weighted by Gasteiger charge is 2.20. The molecular weight excluding hydrogens is 286 g/mol. The number of aryl methyl sites for hydroxylation is 1. The molecule has 0 radical (unpaired) electrons. The fourth-order valence-electron chi connectivity index (χ4n) is 2.32. The quantitative estimate of drug-likeness (QED) is 0.754. The fraction of sp³-hybridized carbons (Fsp3) is 0.200. The van der Waals surface area contributed by atoms with Crippen molar-refractivity contribution >= 4 is 33.2 Å². The van der Waals surface area contributed by atoms with E-state index in [4.69, 9.17) is 10.5 Å². The third-order valence-electron chi connectivity index (χ3n) is 3.24. The lowest BCUT2D eigenvalue weighted by Crippen LogP contribution is -2.09. The number of hydrogen-bond donors (Lipinski definition) is 1. The molecule has 1 aromatic carbocycles. The van der Waals surface area contributed by atoms with Gasteiger partial charge in [0.2, 0.25) is 0 Å². The first-order valence-corrected chi connectivity index (χ1v) is 7.49. The Labute approximate surface area is 126 Å². The summed E-state index contributed by atoms with van der Waals surface area (Å²) in [6, 6.07) is 8.10. The molecule has 21 heavy (non-hydrogen) atoms. The Morgan fingerprint density at radius 3 is 3.00 bits per heavy atom. The SMILES string of the molecule is CCOC(=O)c1nc(C)n(-c2ccc3sccc3c2)c1N. The van der Waals surface area contributed by atoms with Crippen molar-refractivity contribution in [2.75, 3.05) is 12.3 Å². The first-order chi connectivity index (χ1) is 10.1. The van der Waals surface area contributed by atoms with E-state index in [2.05, 4.69) is 11.1 Å². The van der Waals surface area contributed by atoms with Crippen molar-refractivity contribution in [2.45, 2.75) is 13.8 Å². The summed E-state index contributed by atoms with van der Waals surface area (Å²) < 4.78 is 7.95. The molecule has 3 rings (SSSR count). The third kappa shape index (κ3) is 2.27. The molecule has 0 atom stereocenters. The molecule has 0 amide bonds. The maximum Gasteiger partial charge on any atom is 0.360 e. The molecule has 0 saturated carbocycles. The molecule has 0 aliphatic heterocycles. The van der Waals surface area contributed by atoms with Crippen LogP contribution in [-0.2, 0) is 4.74 Å². The number of rotatable bonds is 3. The van der Waals surface area contributed by atoms with Crippen LogP contribution in [0.1, 0.15) is 23.2 Å². The molecule has 0 fully saturated rings. The zero-order chi connectivity index (χ0) is 15.0. The van der Waals surface area contributed by atoms with Crippen molar-refractivity contribution in [3.8, 4) is 5.69 Å². The number of aromatic nitrogens is 2. The van der Waals surface area contributed by atoms with Crippen LogP contribution in [0.15, 0.2) is 29.6 Å². The lowest BCUT2D eigenvalue weighted by atomic mass is 10.2. The van der Waals surface area contributed by atoms with Gasteiger partial charge in [-0.05, 0) is 48.9 Å². The minimum Gasteiger partial charge on any atom is -0.461 e. The second-order valence-corrected chi connectivity index (χ2v) is 5.54. The first kappa shape index (κ1) is 13.6. The van der Waals surface area contributed by atoms with E-state index >= 15 is 0 Å². The molecule has 0 unspecified atom stereocenters. The molecule has 5 nitrogen and oxygen atoms in total. The van der Waals surface area contributed by atoms with Crippen LogP contribution in [0.2, 0.25) is 0 Å². The maximum absolute atomic E-state index is 11.9. The summed E-state index contributed by atoms with van der Waals surface area (Å²) >= 11 is 1.69. The van der Waals surface area contributed by atoms with Crippen LogP contribution in [0.25, 0.3) is 15.8 Å². The van der Waals surface area contributed by atoms with Gasteiger partial charge in [0, 0.05) is 10.4 Å². The van der Waals surface area contributed by atoms with Gasteiger partial charge in [0.15, 0.2) is 5.69 Å². The van der Waals surface area contributed by atoms with E-state index in [1.807, 2.05) is 30.5 Å². The van der Waals surface area contributed by atoms with Gasteiger partial charge in [-0.2, -0.15) is 0 Å². The molecule has 6 heteroatoms. The van der Waals surface area contributed by atoms with Gasteiger partial charge in [0.1, 0.15) is 11.6 Å². The normalized spacial score (nSPS) is 11.0. The van der Waals surface area contributed by atoms with Crippen molar-refractivity contribution in [3.63, 3.8) is 0 Å². The van der Waals surface area contributed by atoms with Crippen LogP contribution in [-0.4, -0.2) is 22.1 Å². The van der Waals surface area contributed by atoms with Crippen LogP contribution < -0.4 is 5.73 Å². The summed E-state index contributed by atoms with van der Waals surface area (Å²) in [5, 5.41) is 3.19. The topological polar surface area (TPSA) is 70.1 Å². The van der Waals surface area contributed by atoms with E-state index in [0.29, 0.717) is 18.2 Å². The zero-order valence-corrected chi connectivity index (χ0v) is 12.6. The summed E-state index contributed by atoms with van der Waals surface area (Å²) in [5.41, 5.74) is 7.14. The average Bonchev–Trinajstić information content (AvgIpc) is 3.03. The van der Waals surface area contributed by atoms with Gasteiger partial charge in [0.05, 0.1) is 6.61 Å². The second-order valence-electron chi connectivity index (χ2n) is 4.59. The lowest BCUT2D eigenvalue weighted by molar-refractivity contribution is 0.0521. The average molecular weight is 301 g/mol. The number of hydrogen-bond acceptors (Lipinski definition) is 5. The molecule has 2 aromatic heterocycles. The minimum atomic E-state index is -0.492. The second kappa shape index (κ2) is 5.21. The number of benzene rings is 1. The van der Waals surface area contributed by atoms with Gasteiger partial charge in [-0.25, -0.2) is 9.78 Å². The van der Waals surface area contributed by atoms with E-state index in [1.165, 1.54) is 4.70 Å². The van der Waals surface area contributed by atoms with Gasteiger partial charge in [-0.1, -0.05) is 0 Å². The van der Waals surface area contributed by atoms with E-state index < -0.39 is 5.97 Å². The lowest BCUT2D eigenvalue weighted by Gasteiger charge is -2.08. The fourth-order valence-corrected chi connectivity index (χ4v) is 3.09. The predicted octanol–water partition coefficient (Wildman–Crippen LogP) is 3.15. The van der Waals surface area contributed by atoms with Crippen molar-refractivity contribution in [2.24, 2.45) is 0 Å². The van der Waals surface area contributed by atoms with Gasteiger partial charge in [-0.15, -0.1) is 11.3 Å². The Balaban J connectivity index is 2.11. The van der Waals surface area contributed by atoms with Gasteiger partial charge < -0.3 is 10.5 Å². The van der Waals surface area contributed by atoms with Crippen LogP contribution in [0.5, 0.6) is 0 Å². The van der Waals surface area contributed by atoms with Crippen LogP contribution in [0.4, 0.5) is 5.82 Å². The zero-order valence-electron chi connectivity index (χ0n) is 11.8. The highest BCUT2D eigenvalue weighted by Crippen LogP contribution is 2.27. The Morgan fingerprint density at radius 2 is 2.24 bits per heavy atom. The summed E-state index contributed by atoms with van der Waals surface area (Å²) in [4.78, 5) is 16.1. The maximum atomic E-state index is 11.9. The van der Waals surface area contributed by atoms with Crippen molar-refractivity contribution in [3.05, 3.63) is 41.2 Å². The number of carbonyl (C=O) groups is 1. The van der Waals surface area contributed by atoms with Gasteiger partial charge in [-0.3, -0.25) is 4.57 Å². The molecule has 0 bridgehead atoms. The number of nitrogens with zero attached hydrogens (tertiary/aromatic N) is 2. The van der Waals surface area contributed by atoms with Crippen LogP contribution >= 0.6 is 11.3 Å². The number of nitrogen functional groups attached to an aromatic ring is 1. The van der Waals surface area contributed by atoms with Crippen molar-refractivity contribution < 1.29 is 9.53 Å². The van der Waals surface area contributed by atoms with Crippen molar-refractivity contribution in [1.82, 2.24) is 9.55 Å². The largest absolute Gasteiger partial charge is 0.461 e. The monoisotopic (exact) mass is 301 g/mol. The van der Waals surface area contributed by atoms with Crippen LogP contribution in [0, 0.1) is 6.92 Å². The Kier molecular flexibility index (Phi) is 3.39. The number of imidazole rings is 1. The number of fused-ring (bicyclic) bond motifs is 1. The number of ether oxygens (including phenoxy) is 1. The molecule has 0 spiro atoms. The number of thiophene rings is 1. The molecule has 0 aliphatic carbocycles. The smallest absolute Gasteiger partial charge is 0.360 e. The number of anilines is 1. The summed E-state index contributed by atoms with van der Waals surface area (Å²) in [7, 11) is 0. The summed E-state index contributed by atoms with van der Waals surface area (Å²) in [6.07, 6.45) is 0. The number of carbonyl (C=O) groups excluding carboxylic acids is 1. The third-order valence-corrected chi connectivity index (χ3v) is 4.14. The summed E-state index contributed by atoms with van der Waals surface area (Å²) in [5.74, 6) is 0.471. The van der Waals surface area contributed by atoms with E-state index in [0.717, 1.165) is 11.1 Å². The van der Waals surface area contributed by atoms with Gasteiger partial charge in [0.25, 0.3) is 0 Å². The summed E-state index contributed by atoms with van der Waals surface area (Å²) in [6.45, 7) is 3.87. The standard InChI is InChI=1S/C15H15N3O2S/c1-3-20-15(19)13-14(16)18(9(2)17-13)11-4-5-12-10(8-11)6-7-21-12/h4-8H,3,16H2,1-2H3. The molecule has 0 saturated heterocycles. The van der Waals surface area contributed by atoms with Crippen LogP contribution in [0.3, 0.4) is 0 Å². The molecule has 3 aromatic rings. The Bertz CT molecular complexity index is 820. The van der Waals surface area contributed by atoms with E-state index in [9.17, 15) is 4.79 Å². The van der Waals surface area contributed by atoms with E-state index in [1.54, 1.807) is 22.8 Å². The van der Waals surface area contributed by atoms with Crippen molar-refractivity contribution in [1.29, 1.82) is 0 Å². The number of nitrogens with two attached hydrogens (primary N) is 1.